The average Bonchev–Trinajstić information content (AvgIpc) is 3.02. The summed E-state index contributed by atoms with van der Waals surface area (Å²) in [6.45, 7) is 3.66. The molecular weight excluding hydrogens is 478 g/mol. The predicted octanol–water partition coefficient (Wildman–Crippen LogP) is 7.53. The Morgan fingerprint density at radius 3 is 1.67 bits per heavy atom. The molecule has 5 heteroatoms. The SMILES string of the molecule is C=NC1C=CC(c2ccc(N)c(-c3ccc(-c4nc(-c5ccccc5)nc(-c5ccccc5)n4)cc3)c2)=CC1. The molecule has 1 aromatic heterocycles. The zero-order valence-corrected chi connectivity index (χ0v) is 21.4. The van der Waals surface area contributed by atoms with E-state index in [-0.39, 0.29) is 6.04 Å². The van der Waals surface area contributed by atoms with Gasteiger partial charge in [0.05, 0.1) is 6.04 Å². The van der Waals surface area contributed by atoms with Crippen molar-refractivity contribution in [1.82, 2.24) is 15.0 Å². The van der Waals surface area contributed by atoms with Crippen LogP contribution in [-0.2, 0) is 0 Å². The number of allylic oxidation sites excluding steroid dienone is 2. The fraction of sp³-hybridized carbons (Fsp3) is 0.0588. The number of nitrogens with zero attached hydrogens (tertiary/aromatic N) is 4. The Bertz CT molecular complexity index is 1630. The summed E-state index contributed by atoms with van der Waals surface area (Å²) in [5.74, 6) is 1.91. The molecule has 1 unspecified atom stereocenters. The number of nitrogens with two attached hydrogens (primary N) is 1. The van der Waals surface area contributed by atoms with E-state index in [2.05, 4.69) is 54.2 Å². The van der Waals surface area contributed by atoms with E-state index in [0.717, 1.165) is 45.5 Å². The van der Waals surface area contributed by atoms with Crippen LogP contribution in [0.2, 0.25) is 0 Å². The molecule has 0 aliphatic heterocycles. The van der Waals surface area contributed by atoms with Gasteiger partial charge in [0, 0.05) is 27.9 Å². The highest BCUT2D eigenvalue weighted by Crippen LogP contribution is 2.33. The van der Waals surface area contributed by atoms with E-state index in [0.29, 0.717) is 17.5 Å². The normalized spacial score (nSPS) is 14.6. The second-order valence-electron chi connectivity index (χ2n) is 9.42. The molecule has 4 aromatic carbocycles. The Morgan fingerprint density at radius 1 is 0.641 bits per heavy atom. The minimum Gasteiger partial charge on any atom is -0.398 e. The first-order chi connectivity index (χ1) is 19.2. The number of aliphatic imine (C=N–C) groups is 1. The van der Waals surface area contributed by atoms with Crippen LogP contribution in [0.25, 0.3) is 50.9 Å². The van der Waals surface area contributed by atoms with Gasteiger partial charge in [-0.1, -0.05) is 109 Å². The summed E-state index contributed by atoms with van der Waals surface area (Å²) in [7, 11) is 0. The number of benzene rings is 4. The standard InChI is InChI=1S/C34H27N5/c1-36-29-19-16-23(17-20-29)28-18-21-31(35)30(22-28)24-12-14-27(15-13-24)34-38-32(25-8-4-2-5-9-25)37-33(39-34)26-10-6-3-7-11-26/h2-19,21-22,29H,1,20,35H2. The van der Waals surface area contributed by atoms with Crippen molar-refractivity contribution >= 4 is 18.0 Å². The van der Waals surface area contributed by atoms with Gasteiger partial charge in [0.1, 0.15) is 0 Å². The molecule has 0 bridgehead atoms. The van der Waals surface area contributed by atoms with E-state index in [1.165, 1.54) is 5.57 Å². The van der Waals surface area contributed by atoms with Gasteiger partial charge in [-0.15, -0.1) is 0 Å². The van der Waals surface area contributed by atoms with Crippen LogP contribution in [0.3, 0.4) is 0 Å². The van der Waals surface area contributed by atoms with Gasteiger partial charge < -0.3 is 5.73 Å². The Kier molecular flexibility index (Phi) is 6.62. The smallest absolute Gasteiger partial charge is 0.164 e. The van der Waals surface area contributed by atoms with Gasteiger partial charge in [-0.05, 0) is 42.0 Å². The topological polar surface area (TPSA) is 77.0 Å². The van der Waals surface area contributed by atoms with Gasteiger partial charge in [0.15, 0.2) is 17.5 Å². The maximum atomic E-state index is 6.42. The molecule has 6 rings (SSSR count). The molecule has 39 heavy (non-hydrogen) atoms. The number of nitrogen functional groups attached to an aromatic ring is 1. The number of rotatable bonds is 6. The summed E-state index contributed by atoms with van der Waals surface area (Å²) in [4.78, 5) is 18.6. The number of anilines is 1. The number of hydrogen-bond acceptors (Lipinski definition) is 5. The lowest BCUT2D eigenvalue weighted by molar-refractivity contribution is 0.837. The predicted molar refractivity (Wildman–Crippen MR) is 161 cm³/mol. The van der Waals surface area contributed by atoms with Crippen molar-refractivity contribution in [2.24, 2.45) is 4.99 Å². The molecule has 0 spiro atoms. The monoisotopic (exact) mass is 505 g/mol. The highest BCUT2D eigenvalue weighted by molar-refractivity contribution is 5.84. The van der Waals surface area contributed by atoms with Crippen molar-refractivity contribution in [2.45, 2.75) is 12.5 Å². The maximum absolute atomic E-state index is 6.42. The lowest BCUT2D eigenvalue weighted by Gasteiger charge is -2.14. The van der Waals surface area contributed by atoms with Crippen LogP contribution >= 0.6 is 0 Å². The summed E-state index contributed by atoms with van der Waals surface area (Å²) in [5, 5.41) is 0. The van der Waals surface area contributed by atoms with Crippen molar-refractivity contribution < 1.29 is 0 Å². The van der Waals surface area contributed by atoms with Crippen LogP contribution in [-0.4, -0.2) is 27.7 Å². The van der Waals surface area contributed by atoms with Crippen molar-refractivity contribution in [3.8, 4) is 45.3 Å². The van der Waals surface area contributed by atoms with E-state index in [1.54, 1.807) is 0 Å². The Labute approximate surface area is 228 Å². The molecule has 0 amide bonds. The lowest BCUT2D eigenvalue weighted by Crippen LogP contribution is -2.02. The fourth-order valence-electron chi connectivity index (χ4n) is 4.68. The van der Waals surface area contributed by atoms with Gasteiger partial charge >= 0.3 is 0 Å². The molecule has 0 fully saturated rings. The lowest BCUT2D eigenvalue weighted by atomic mass is 9.93. The third-order valence-corrected chi connectivity index (χ3v) is 6.85. The molecule has 5 aromatic rings. The first-order valence-electron chi connectivity index (χ1n) is 12.9. The summed E-state index contributed by atoms with van der Waals surface area (Å²) >= 11 is 0. The van der Waals surface area contributed by atoms with Gasteiger partial charge in [0.25, 0.3) is 0 Å². The molecule has 0 saturated carbocycles. The third-order valence-electron chi connectivity index (χ3n) is 6.85. The quantitative estimate of drug-likeness (QED) is 0.191. The molecule has 188 valence electrons. The zero-order chi connectivity index (χ0) is 26.6. The molecule has 1 atom stereocenters. The summed E-state index contributed by atoms with van der Waals surface area (Å²) in [5.41, 5.74) is 14.3. The number of hydrogen-bond donors (Lipinski definition) is 1. The van der Waals surface area contributed by atoms with E-state index in [1.807, 2.05) is 78.9 Å². The van der Waals surface area contributed by atoms with Crippen LogP contribution < -0.4 is 5.73 Å². The summed E-state index contributed by atoms with van der Waals surface area (Å²) in [6, 6.07) is 34.5. The molecule has 1 aliphatic carbocycles. The van der Waals surface area contributed by atoms with E-state index in [9.17, 15) is 0 Å². The average molecular weight is 506 g/mol. The summed E-state index contributed by atoms with van der Waals surface area (Å²) in [6.07, 6.45) is 7.25. The minimum atomic E-state index is 0.148. The van der Waals surface area contributed by atoms with Crippen molar-refractivity contribution in [1.29, 1.82) is 0 Å². The molecule has 1 aliphatic rings. The van der Waals surface area contributed by atoms with Gasteiger partial charge in [-0.3, -0.25) is 4.99 Å². The van der Waals surface area contributed by atoms with Gasteiger partial charge in [-0.2, -0.15) is 0 Å². The number of aromatic nitrogens is 3. The first kappa shape index (κ1) is 24.2. The molecule has 0 radical (unpaired) electrons. The Morgan fingerprint density at radius 2 is 1.15 bits per heavy atom. The maximum Gasteiger partial charge on any atom is 0.164 e. The van der Waals surface area contributed by atoms with Crippen molar-refractivity contribution in [3.63, 3.8) is 0 Å². The molecular formula is C34H27N5. The Hall–Kier alpha value is -5.16. The second kappa shape index (κ2) is 10.7. The molecule has 0 saturated heterocycles. The van der Waals surface area contributed by atoms with Crippen LogP contribution in [0.15, 0.2) is 126 Å². The molecule has 5 nitrogen and oxygen atoms in total. The van der Waals surface area contributed by atoms with E-state index >= 15 is 0 Å². The molecule has 2 N–H and O–H groups in total. The minimum absolute atomic E-state index is 0.148. The highest BCUT2D eigenvalue weighted by atomic mass is 15.0. The van der Waals surface area contributed by atoms with Crippen molar-refractivity contribution in [3.05, 3.63) is 127 Å². The Balaban J connectivity index is 1.36. The first-order valence-corrected chi connectivity index (χ1v) is 12.9. The highest BCUT2D eigenvalue weighted by Gasteiger charge is 2.14. The van der Waals surface area contributed by atoms with Crippen LogP contribution in [0.4, 0.5) is 5.69 Å². The third kappa shape index (κ3) is 5.15. The fourth-order valence-corrected chi connectivity index (χ4v) is 4.68. The molecule has 1 heterocycles. The largest absolute Gasteiger partial charge is 0.398 e. The van der Waals surface area contributed by atoms with E-state index in [4.69, 9.17) is 20.7 Å². The second-order valence-corrected chi connectivity index (χ2v) is 9.42. The van der Waals surface area contributed by atoms with E-state index < -0.39 is 0 Å². The van der Waals surface area contributed by atoms with Gasteiger partial charge in [-0.25, -0.2) is 15.0 Å². The van der Waals surface area contributed by atoms with Crippen LogP contribution in [0.1, 0.15) is 12.0 Å². The van der Waals surface area contributed by atoms with Gasteiger partial charge in [0.2, 0.25) is 0 Å². The summed E-state index contributed by atoms with van der Waals surface area (Å²) < 4.78 is 0. The van der Waals surface area contributed by atoms with Crippen LogP contribution in [0.5, 0.6) is 0 Å². The van der Waals surface area contributed by atoms with Crippen LogP contribution in [0, 0.1) is 0 Å². The van der Waals surface area contributed by atoms with Crippen molar-refractivity contribution in [2.75, 3.05) is 5.73 Å². The zero-order valence-electron chi connectivity index (χ0n) is 21.4.